The molecule has 0 radical (unpaired) electrons. The summed E-state index contributed by atoms with van der Waals surface area (Å²) in [6.07, 6.45) is 3.10. The van der Waals surface area contributed by atoms with Gasteiger partial charge in [0.1, 0.15) is 0 Å². The number of carbonyl (C=O) groups is 1. The molecule has 0 bridgehead atoms. The first-order chi connectivity index (χ1) is 10.6. The number of rotatable bonds is 3. The number of carbonyl (C=O) groups excluding carboxylic acids is 1. The maximum absolute atomic E-state index is 11.7. The average Bonchev–Trinajstić information content (AvgIpc) is 2.51. The molecule has 0 heterocycles. The van der Waals surface area contributed by atoms with Gasteiger partial charge in [-0.05, 0) is 35.9 Å². The zero-order valence-electron chi connectivity index (χ0n) is 11.6. The molecule has 0 spiro atoms. The van der Waals surface area contributed by atoms with Crippen LogP contribution in [0.15, 0.2) is 54.6 Å². The molecule has 4 heteroatoms. The second-order valence-corrected chi connectivity index (χ2v) is 5.23. The summed E-state index contributed by atoms with van der Waals surface area (Å²) in [5.41, 5.74) is 1.61. The van der Waals surface area contributed by atoms with Gasteiger partial charge in [-0.3, -0.25) is 4.79 Å². The molecule has 22 heavy (non-hydrogen) atoms. The van der Waals surface area contributed by atoms with Gasteiger partial charge in [0, 0.05) is 21.7 Å². The van der Waals surface area contributed by atoms with Gasteiger partial charge in [0.15, 0.2) is 0 Å². The molecule has 110 valence electrons. The molecule has 0 atom stereocenters. The lowest BCUT2D eigenvalue weighted by Gasteiger charge is -1.97. The Morgan fingerprint density at radius 1 is 1.14 bits per heavy atom. The van der Waals surface area contributed by atoms with Crippen LogP contribution in [0, 0.1) is 11.8 Å². The minimum Gasteiger partial charge on any atom is -0.342 e. The highest BCUT2D eigenvalue weighted by Gasteiger charge is 1.96. The fourth-order valence-electron chi connectivity index (χ4n) is 1.68. The fraction of sp³-hybridized carbons (Fsp3) is 0.0556. The van der Waals surface area contributed by atoms with Crippen molar-refractivity contribution in [2.45, 2.75) is 0 Å². The average molecular weight is 330 g/mol. The quantitative estimate of drug-likeness (QED) is 0.664. The van der Waals surface area contributed by atoms with Gasteiger partial charge >= 0.3 is 0 Å². The van der Waals surface area contributed by atoms with E-state index in [9.17, 15) is 4.79 Å². The highest BCUT2D eigenvalue weighted by molar-refractivity contribution is 6.32. The van der Waals surface area contributed by atoms with Crippen LogP contribution >= 0.6 is 23.2 Å². The van der Waals surface area contributed by atoms with Crippen molar-refractivity contribution >= 4 is 35.2 Å². The molecule has 2 aromatic carbocycles. The number of nitrogens with one attached hydrogen (secondary N) is 1. The van der Waals surface area contributed by atoms with Crippen molar-refractivity contribution in [3.05, 3.63) is 75.8 Å². The van der Waals surface area contributed by atoms with E-state index in [2.05, 4.69) is 17.2 Å². The van der Waals surface area contributed by atoms with Crippen LogP contribution in [0.4, 0.5) is 0 Å². The van der Waals surface area contributed by atoms with Gasteiger partial charge in [0.25, 0.3) is 0 Å². The van der Waals surface area contributed by atoms with Crippen molar-refractivity contribution < 1.29 is 4.79 Å². The van der Waals surface area contributed by atoms with Crippen LogP contribution in [0.1, 0.15) is 11.1 Å². The van der Waals surface area contributed by atoms with E-state index in [1.54, 1.807) is 24.3 Å². The van der Waals surface area contributed by atoms with Crippen LogP contribution in [0.5, 0.6) is 0 Å². The lowest BCUT2D eigenvalue weighted by atomic mass is 10.2. The topological polar surface area (TPSA) is 29.1 Å². The van der Waals surface area contributed by atoms with Crippen LogP contribution in [0.25, 0.3) is 6.08 Å². The van der Waals surface area contributed by atoms with Gasteiger partial charge in [-0.2, -0.15) is 0 Å². The van der Waals surface area contributed by atoms with Gasteiger partial charge in [-0.15, -0.1) is 0 Å². The lowest BCUT2D eigenvalue weighted by Crippen LogP contribution is -2.20. The van der Waals surface area contributed by atoms with Gasteiger partial charge in [-0.1, -0.05) is 59.3 Å². The van der Waals surface area contributed by atoms with E-state index in [1.807, 2.05) is 30.3 Å². The summed E-state index contributed by atoms with van der Waals surface area (Å²) in [6, 6.07) is 14.6. The molecule has 0 aromatic heterocycles. The molecule has 0 saturated heterocycles. The molecule has 2 aromatic rings. The first-order valence-corrected chi connectivity index (χ1v) is 7.35. The van der Waals surface area contributed by atoms with E-state index < -0.39 is 0 Å². The zero-order chi connectivity index (χ0) is 15.8. The second kappa shape index (κ2) is 8.29. The first kappa shape index (κ1) is 16.2. The Labute approximate surface area is 139 Å². The van der Waals surface area contributed by atoms with Crippen molar-refractivity contribution in [1.29, 1.82) is 0 Å². The van der Waals surface area contributed by atoms with Crippen molar-refractivity contribution in [3.8, 4) is 11.8 Å². The standard InChI is InChI=1S/C18H13Cl2NO/c19-16-8-3-5-14(13-16)6-4-12-21-18(22)11-10-15-7-1-2-9-17(15)20/h1-3,5,7-11,13H,12H2,(H,21,22)/b11-10+. The van der Waals surface area contributed by atoms with Gasteiger partial charge in [0.05, 0.1) is 6.54 Å². The third-order valence-electron chi connectivity index (χ3n) is 2.73. The molecule has 1 amide bonds. The van der Waals surface area contributed by atoms with E-state index >= 15 is 0 Å². The predicted molar refractivity (Wildman–Crippen MR) is 91.8 cm³/mol. The molecule has 0 aliphatic heterocycles. The summed E-state index contributed by atoms with van der Waals surface area (Å²) in [6.45, 7) is 0.262. The minimum atomic E-state index is -0.222. The van der Waals surface area contributed by atoms with Gasteiger partial charge in [0.2, 0.25) is 5.91 Å². The number of amides is 1. The number of hydrogen-bond donors (Lipinski definition) is 1. The zero-order valence-corrected chi connectivity index (χ0v) is 13.2. The molecule has 2 rings (SSSR count). The number of hydrogen-bond acceptors (Lipinski definition) is 1. The lowest BCUT2D eigenvalue weighted by molar-refractivity contribution is -0.116. The summed E-state index contributed by atoms with van der Waals surface area (Å²) < 4.78 is 0. The summed E-state index contributed by atoms with van der Waals surface area (Å²) in [4.78, 5) is 11.7. The Morgan fingerprint density at radius 2 is 1.95 bits per heavy atom. The predicted octanol–water partition coefficient (Wildman–Crippen LogP) is 4.17. The SMILES string of the molecule is O=C(/C=C/c1ccccc1Cl)NCC#Cc1cccc(Cl)c1. The Hall–Kier alpha value is -2.21. The Balaban J connectivity index is 1.85. The third kappa shape index (κ3) is 5.29. The Morgan fingerprint density at radius 3 is 2.73 bits per heavy atom. The monoisotopic (exact) mass is 329 g/mol. The maximum atomic E-state index is 11.7. The third-order valence-corrected chi connectivity index (χ3v) is 3.31. The van der Waals surface area contributed by atoms with Gasteiger partial charge in [-0.25, -0.2) is 0 Å². The van der Waals surface area contributed by atoms with Gasteiger partial charge < -0.3 is 5.32 Å². The summed E-state index contributed by atoms with van der Waals surface area (Å²) in [5, 5.41) is 3.92. The van der Waals surface area contributed by atoms with E-state index in [1.165, 1.54) is 6.08 Å². The Bertz CT molecular complexity index is 757. The Kier molecular flexibility index (Phi) is 6.09. The largest absolute Gasteiger partial charge is 0.342 e. The number of benzene rings is 2. The normalized spacial score (nSPS) is 10.1. The van der Waals surface area contributed by atoms with Crippen LogP contribution in [0.3, 0.4) is 0 Å². The fourth-order valence-corrected chi connectivity index (χ4v) is 2.07. The van der Waals surface area contributed by atoms with Crippen LogP contribution in [0.2, 0.25) is 10.0 Å². The first-order valence-electron chi connectivity index (χ1n) is 6.60. The molecular formula is C18H13Cl2NO. The van der Waals surface area contributed by atoms with Crippen molar-refractivity contribution in [1.82, 2.24) is 5.32 Å². The summed E-state index contributed by atoms with van der Waals surface area (Å²) in [5.74, 6) is 5.58. The second-order valence-electron chi connectivity index (χ2n) is 4.38. The van der Waals surface area contributed by atoms with Crippen molar-refractivity contribution in [3.63, 3.8) is 0 Å². The minimum absolute atomic E-state index is 0.222. The maximum Gasteiger partial charge on any atom is 0.244 e. The summed E-state index contributed by atoms with van der Waals surface area (Å²) in [7, 11) is 0. The van der Waals surface area contributed by atoms with E-state index in [0.29, 0.717) is 10.0 Å². The molecule has 1 N–H and O–H groups in total. The van der Waals surface area contributed by atoms with Crippen LogP contribution in [-0.4, -0.2) is 12.5 Å². The van der Waals surface area contributed by atoms with Crippen molar-refractivity contribution in [2.75, 3.05) is 6.54 Å². The van der Waals surface area contributed by atoms with Crippen LogP contribution in [-0.2, 0) is 4.79 Å². The van der Waals surface area contributed by atoms with Crippen LogP contribution < -0.4 is 5.32 Å². The molecule has 0 aliphatic carbocycles. The van der Waals surface area contributed by atoms with Crippen molar-refractivity contribution in [2.24, 2.45) is 0 Å². The smallest absolute Gasteiger partial charge is 0.244 e. The van der Waals surface area contributed by atoms with E-state index in [4.69, 9.17) is 23.2 Å². The molecule has 2 nitrogen and oxygen atoms in total. The van der Waals surface area contributed by atoms with E-state index in [-0.39, 0.29) is 12.5 Å². The molecular weight excluding hydrogens is 317 g/mol. The van der Waals surface area contributed by atoms with E-state index in [0.717, 1.165) is 11.1 Å². The highest BCUT2D eigenvalue weighted by atomic mass is 35.5. The molecule has 0 fully saturated rings. The number of halogens is 2. The summed E-state index contributed by atoms with van der Waals surface area (Å²) >= 11 is 11.9. The molecule has 0 saturated carbocycles. The highest BCUT2D eigenvalue weighted by Crippen LogP contribution is 2.15. The molecule has 0 aliphatic rings. The molecule has 0 unspecified atom stereocenters.